The third-order valence-corrected chi connectivity index (χ3v) is 3.99. The Balaban J connectivity index is 2.89. The van der Waals surface area contributed by atoms with E-state index in [1.54, 1.807) is 23.1 Å². The molecule has 0 fully saturated rings. The first-order chi connectivity index (χ1) is 9.03. The average molecular weight is 328 g/mol. The van der Waals surface area contributed by atoms with Crippen LogP contribution in [0, 0.1) is 5.92 Å². The van der Waals surface area contributed by atoms with E-state index in [4.69, 9.17) is 0 Å². The molecule has 1 rings (SSSR count). The molecule has 0 aliphatic carbocycles. The minimum Gasteiger partial charge on any atom is -0.507 e. The van der Waals surface area contributed by atoms with Crippen molar-refractivity contribution < 1.29 is 9.90 Å². The highest BCUT2D eigenvalue weighted by molar-refractivity contribution is 9.10. The molecule has 4 heteroatoms. The van der Waals surface area contributed by atoms with Crippen LogP contribution >= 0.6 is 15.9 Å². The average Bonchev–Trinajstić information content (AvgIpc) is 2.39. The Kier molecular flexibility index (Phi) is 6.35. The molecular formula is C15H22BrNO2. The summed E-state index contributed by atoms with van der Waals surface area (Å²) in [5.41, 5.74) is 0.371. The highest BCUT2D eigenvalue weighted by Crippen LogP contribution is 2.24. The number of benzene rings is 1. The number of hydrogen-bond acceptors (Lipinski definition) is 2. The Morgan fingerprint density at radius 2 is 1.95 bits per heavy atom. The maximum Gasteiger partial charge on any atom is 0.257 e. The van der Waals surface area contributed by atoms with Crippen molar-refractivity contribution in [1.29, 1.82) is 0 Å². The zero-order valence-corrected chi connectivity index (χ0v) is 13.4. The largest absolute Gasteiger partial charge is 0.507 e. The van der Waals surface area contributed by atoms with Gasteiger partial charge in [0, 0.05) is 17.6 Å². The van der Waals surface area contributed by atoms with E-state index < -0.39 is 0 Å². The van der Waals surface area contributed by atoms with Crippen molar-refractivity contribution >= 4 is 21.8 Å². The number of amides is 1. The summed E-state index contributed by atoms with van der Waals surface area (Å²) in [5.74, 6) is 0.447. The molecule has 106 valence electrons. The van der Waals surface area contributed by atoms with E-state index in [2.05, 4.69) is 29.8 Å². The number of hydrogen-bond donors (Lipinski definition) is 1. The molecule has 0 aliphatic rings. The topological polar surface area (TPSA) is 40.5 Å². The van der Waals surface area contributed by atoms with Gasteiger partial charge in [-0.1, -0.05) is 42.6 Å². The van der Waals surface area contributed by atoms with E-state index >= 15 is 0 Å². The summed E-state index contributed by atoms with van der Waals surface area (Å²) in [5, 5.41) is 9.88. The summed E-state index contributed by atoms with van der Waals surface area (Å²) in [7, 11) is 0. The van der Waals surface area contributed by atoms with Crippen molar-refractivity contribution in [3.8, 4) is 5.75 Å². The molecule has 3 nitrogen and oxygen atoms in total. The molecule has 0 saturated carbocycles. The normalized spacial score (nSPS) is 10.8. The van der Waals surface area contributed by atoms with Gasteiger partial charge in [-0.3, -0.25) is 4.79 Å². The lowest BCUT2D eigenvalue weighted by molar-refractivity contribution is 0.0732. The van der Waals surface area contributed by atoms with Crippen molar-refractivity contribution in [1.82, 2.24) is 4.90 Å². The van der Waals surface area contributed by atoms with Crippen molar-refractivity contribution in [2.24, 2.45) is 5.92 Å². The zero-order valence-electron chi connectivity index (χ0n) is 11.8. The summed E-state index contributed by atoms with van der Waals surface area (Å²) in [6.45, 7) is 7.66. The number of aromatic hydroxyl groups is 1. The molecule has 1 N–H and O–H groups in total. The van der Waals surface area contributed by atoms with Gasteiger partial charge in [0.1, 0.15) is 5.75 Å². The fourth-order valence-corrected chi connectivity index (χ4v) is 2.42. The van der Waals surface area contributed by atoms with E-state index in [9.17, 15) is 9.90 Å². The van der Waals surface area contributed by atoms with E-state index in [1.165, 1.54) is 0 Å². The second kappa shape index (κ2) is 7.53. The van der Waals surface area contributed by atoms with Gasteiger partial charge in [0.25, 0.3) is 5.91 Å². The molecular weight excluding hydrogens is 306 g/mol. The number of phenolic OH excluding ortho intramolecular Hbond substituents is 1. The number of nitrogens with zero attached hydrogens (tertiary/aromatic N) is 1. The van der Waals surface area contributed by atoms with Crippen LogP contribution < -0.4 is 0 Å². The SMILES string of the molecule is CCC(CC)CN(CC)C(=O)c1ccc(Br)cc1O. The quantitative estimate of drug-likeness (QED) is 0.856. The van der Waals surface area contributed by atoms with Crippen LogP contribution in [-0.4, -0.2) is 29.0 Å². The van der Waals surface area contributed by atoms with Crippen molar-refractivity contribution in [3.05, 3.63) is 28.2 Å². The van der Waals surface area contributed by atoms with Crippen LogP contribution in [-0.2, 0) is 0 Å². The molecule has 0 aromatic heterocycles. The summed E-state index contributed by atoms with van der Waals surface area (Å²) in [6, 6.07) is 4.99. The van der Waals surface area contributed by atoms with Crippen LogP contribution in [0.4, 0.5) is 0 Å². The fraction of sp³-hybridized carbons (Fsp3) is 0.533. The lowest BCUT2D eigenvalue weighted by Gasteiger charge is -2.25. The predicted octanol–water partition coefficient (Wildman–Crippen LogP) is 4.05. The summed E-state index contributed by atoms with van der Waals surface area (Å²) < 4.78 is 0.768. The third kappa shape index (κ3) is 4.23. The molecule has 1 amide bonds. The van der Waals surface area contributed by atoms with Gasteiger partial charge in [-0.15, -0.1) is 0 Å². The molecule has 0 radical (unpaired) electrons. The lowest BCUT2D eigenvalue weighted by atomic mass is 10.0. The second-order valence-electron chi connectivity index (χ2n) is 4.69. The number of carbonyl (C=O) groups excluding carboxylic acids is 1. The first-order valence-corrected chi connectivity index (χ1v) is 7.60. The Hall–Kier alpha value is -1.03. The van der Waals surface area contributed by atoms with Gasteiger partial charge in [0.15, 0.2) is 0 Å². The Morgan fingerprint density at radius 3 is 2.42 bits per heavy atom. The van der Waals surface area contributed by atoms with Gasteiger partial charge in [-0.25, -0.2) is 0 Å². The van der Waals surface area contributed by atoms with Gasteiger partial charge in [-0.2, -0.15) is 0 Å². The smallest absolute Gasteiger partial charge is 0.257 e. The third-order valence-electron chi connectivity index (χ3n) is 3.49. The van der Waals surface area contributed by atoms with Gasteiger partial charge in [0.05, 0.1) is 5.56 Å². The van der Waals surface area contributed by atoms with Crippen LogP contribution in [0.25, 0.3) is 0 Å². The van der Waals surface area contributed by atoms with Crippen LogP contribution in [0.15, 0.2) is 22.7 Å². The van der Waals surface area contributed by atoms with Crippen molar-refractivity contribution in [2.75, 3.05) is 13.1 Å². The highest BCUT2D eigenvalue weighted by Gasteiger charge is 2.20. The molecule has 0 heterocycles. The summed E-state index contributed by atoms with van der Waals surface area (Å²) >= 11 is 3.28. The van der Waals surface area contributed by atoms with E-state index in [0.29, 0.717) is 18.0 Å². The van der Waals surface area contributed by atoms with Gasteiger partial charge >= 0.3 is 0 Å². The molecule has 0 spiro atoms. The maximum absolute atomic E-state index is 12.4. The van der Waals surface area contributed by atoms with Gasteiger partial charge < -0.3 is 10.0 Å². The van der Waals surface area contributed by atoms with Crippen LogP contribution in [0.1, 0.15) is 44.0 Å². The Morgan fingerprint density at radius 1 is 1.32 bits per heavy atom. The Bertz CT molecular complexity index is 430. The zero-order chi connectivity index (χ0) is 14.4. The standard InChI is InChI=1S/C15H22BrNO2/c1-4-11(5-2)10-17(6-3)15(19)13-8-7-12(16)9-14(13)18/h7-9,11,18H,4-6,10H2,1-3H3. The second-order valence-corrected chi connectivity index (χ2v) is 5.60. The summed E-state index contributed by atoms with van der Waals surface area (Å²) in [4.78, 5) is 14.2. The minimum absolute atomic E-state index is 0.0300. The number of rotatable bonds is 6. The van der Waals surface area contributed by atoms with Crippen LogP contribution in [0.3, 0.4) is 0 Å². The van der Waals surface area contributed by atoms with E-state index in [1.807, 2.05) is 6.92 Å². The van der Waals surface area contributed by atoms with Crippen molar-refractivity contribution in [3.63, 3.8) is 0 Å². The number of carbonyl (C=O) groups is 1. The van der Waals surface area contributed by atoms with E-state index in [-0.39, 0.29) is 11.7 Å². The Labute approximate surface area is 123 Å². The van der Waals surface area contributed by atoms with Crippen LogP contribution in [0.5, 0.6) is 5.75 Å². The minimum atomic E-state index is -0.0978. The fourth-order valence-electron chi connectivity index (χ4n) is 2.07. The van der Waals surface area contributed by atoms with Gasteiger partial charge in [-0.05, 0) is 31.0 Å². The molecule has 1 aromatic rings. The van der Waals surface area contributed by atoms with Gasteiger partial charge in [0.2, 0.25) is 0 Å². The number of phenols is 1. The molecule has 0 saturated heterocycles. The highest BCUT2D eigenvalue weighted by atomic mass is 79.9. The first-order valence-electron chi connectivity index (χ1n) is 6.81. The molecule has 0 bridgehead atoms. The van der Waals surface area contributed by atoms with E-state index in [0.717, 1.165) is 23.9 Å². The van der Waals surface area contributed by atoms with Crippen LogP contribution in [0.2, 0.25) is 0 Å². The molecule has 1 aromatic carbocycles. The molecule has 19 heavy (non-hydrogen) atoms. The van der Waals surface area contributed by atoms with Crippen molar-refractivity contribution in [2.45, 2.75) is 33.6 Å². The first kappa shape index (κ1) is 16.0. The number of halogens is 1. The lowest BCUT2D eigenvalue weighted by Crippen LogP contribution is -2.35. The molecule has 0 atom stereocenters. The monoisotopic (exact) mass is 327 g/mol. The molecule has 0 aliphatic heterocycles. The molecule has 0 unspecified atom stereocenters. The summed E-state index contributed by atoms with van der Waals surface area (Å²) in [6.07, 6.45) is 2.12. The maximum atomic E-state index is 12.4. The predicted molar refractivity (Wildman–Crippen MR) is 81.5 cm³/mol.